The second-order valence-electron chi connectivity index (χ2n) is 3.85. The molecule has 0 saturated heterocycles. The molecule has 1 aromatic rings. The number of carbonyl (C=O) groups excluding carboxylic acids is 2. The first-order valence-electron chi connectivity index (χ1n) is 5.28. The SMILES string of the molecule is CNC(=O)CN(C)C(=O)c1cccc(N)c1C. The zero-order valence-corrected chi connectivity index (χ0v) is 10.3. The number of likely N-dealkylation sites (N-methyl/N-ethyl adjacent to an activating group) is 2. The molecule has 3 N–H and O–H groups in total. The standard InChI is InChI=1S/C12H17N3O2/c1-8-9(5-4-6-10(8)13)12(17)15(3)7-11(16)14-2/h4-6H,7,13H2,1-3H3,(H,14,16). The Labute approximate surface area is 101 Å². The Morgan fingerprint density at radius 1 is 1.41 bits per heavy atom. The molecule has 1 aromatic carbocycles. The van der Waals surface area contributed by atoms with Gasteiger partial charge in [-0.05, 0) is 24.6 Å². The number of amides is 2. The van der Waals surface area contributed by atoms with Crippen molar-refractivity contribution in [3.05, 3.63) is 29.3 Å². The number of nitrogens with two attached hydrogens (primary N) is 1. The molecular weight excluding hydrogens is 218 g/mol. The summed E-state index contributed by atoms with van der Waals surface area (Å²) in [5.41, 5.74) is 7.57. The van der Waals surface area contributed by atoms with Crippen LogP contribution in [0.4, 0.5) is 5.69 Å². The minimum absolute atomic E-state index is 0.0313. The molecule has 17 heavy (non-hydrogen) atoms. The highest BCUT2D eigenvalue weighted by molar-refractivity contribution is 5.98. The molecule has 0 fully saturated rings. The van der Waals surface area contributed by atoms with Gasteiger partial charge in [0.05, 0.1) is 6.54 Å². The lowest BCUT2D eigenvalue weighted by molar-refractivity contribution is -0.121. The quantitative estimate of drug-likeness (QED) is 0.744. The average Bonchev–Trinajstić information content (AvgIpc) is 2.31. The van der Waals surface area contributed by atoms with E-state index in [0.717, 1.165) is 5.56 Å². The Morgan fingerprint density at radius 2 is 2.06 bits per heavy atom. The van der Waals surface area contributed by atoms with Crippen LogP contribution in [0.15, 0.2) is 18.2 Å². The topological polar surface area (TPSA) is 75.4 Å². The lowest BCUT2D eigenvalue weighted by atomic mass is 10.1. The van der Waals surface area contributed by atoms with Crippen molar-refractivity contribution in [3.63, 3.8) is 0 Å². The van der Waals surface area contributed by atoms with Crippen LogP contribution in [0.5, 0.6) is 0 Å². The summed E-state index contributed by atoms with van der Waals surface area (Å²) >= 11 is 0. The zero-order valence-electron chi connectivity index (χ0n) is 10.3. The van der Waals surface area contributed by atoms with Crippen molar-refractivity contribution in [2.45, 2.75) is 6.92 Å². The maximum absolute atomic E-state index is 12.1. The van der Waals surface area contributed by atoms with E-state index < -0.39 is 0 Å². The van der Waals surface area contributed by atoms with E-state index in [0.29, 0.717) is 11.3 Å². The third-order valence-electron chi connectivity index (χ3n) is 2.61. The second-order valence-corrected chi connectivity index (χ2v) is 3.85. The molecule has 5 nitrogen and oxygen atoms in total. The maximum atomic E-state index is 12.1. The van der Waals surface area contributed by atoms with E-state index in [1.807, 2.05) is 0 Å². The van der Waals surface area contributed by atoms with E-state index in [1.54, 1.807) is 32.2 Å². The highest BCUT2D eigenvalue weighted by Gasteiger charge is 2.16. The summed E-state index contributed by atoms with van der Waals surface area (Å²) in [6.07, 6.45) is 0. The van der Waals surface area contributed by atoms with Crippen LogP contribution in [0.3, 0.4) is 0 Å². The van der Waals surface area contributed by atoms with Gasteiger partial charge in [-0.3, -0.25) is 9.59 Å². The first-order chi connectivity index (χ1) is 7.97. The first kappa shape index (κ1) is 13.0. The summed E-state index contributed by atoms with van der Waals surface area (Å²) in [5.74, 6) is -0.416. The summed E-state index contributed by atoms with van der Waals surface area (Å²) in [5, 5.41) is 2.47. The van der Waals surface area contributed by atoms with E-state index in [4.69, 9.17) is 5.73 Å². The fraction of sp³-hybridized carbons (Fsp3) is 0.333. The van der Waals surface area contributed by atoms with Crippen LogP contribution < -0.4 is 11.1 Å². The molecule has 2 amide bonds. The fourth-order valence-corrected chi connectivity index (χ4v) is 1.46. The number of anilines is 1. The van der Waals surface area contributed by atoms with Gasteiger partial charge in [-0.15, -0.1) is 0 Å². The van der Waals surface area contributed by atoms with E-state index in [9.17, 15) is 9.59 Å². The lowest BCUT2D eigenvalue weighted by Crippen LogP contribution is -2.37. The van der Waals surface area contributed by atoms with Crippen LogP contribution in [-0.2, 0) is 4.79 Å². The van der Waals surface area contributed by atoms with Crippen LogP contribution in [0.1, 0.15) is 15.9 Å². The molecule has 0 aromatic heterocycles. The van der Waals surface area contributed by atoms with Gasteiger partial charge in [0.25, 0.3) is 5.91 Å². The van der Waals surface area contributed by atoms with E-state index >= 15 is 0 Å². The van der Waals surface area contributed by atoms with Gasteiger partial charge in [0.1, 0.15) is 0 Å². The van der Waals surface area contributed by atoms with Gasteiger partial charge in [0, 0.05) is 25.3 Å². The van der Waals surface area contributed by atoms with Gasteiger partial charge in [0.2, 0.25) is 5.91 Å². The third-order valence-corrected chi connectivity index (χ3v) is 2.61. The molecule has 0 radical (unpaired) electrons. The molecule has 0 aliphatic rings. The van der Waals surface area contributed by atoms with Crippen molar-refractivity contribution in [1.29, 1.82) is 0 Å². The molecule has 0 spiro atoms. The number of rotatable bonds is 3. The van der Waals surface area contributed by atoms with Crippen LogP contribution in [0, 0.1) is 6.92 Å². The Morgan fingerprint density at radius 3 is 2.65 bits per heavy atom. The lowest BCUT2D eigenvalue weighted by Gasteiger charge is -2.17. The summed E-state index contributed by atoms with van der Waals surface area (Å²) in [6.45, 7) is 1.82. The number of carbonyl (C=O) groups is 2. The summed E-state index contributed by atoms with van der Waals surface area (Å²) in [7, 11) is 3.12. The predicted molar refractivity (Wildman–Crippen MR) is 66.6 cm³/mol. The van der Waals surface area contributed by atoms with Crippen molar-refractivity contribution in [3.8, 4) is 0 Å². The second kappa shape index (κ2) is 5.34. The van der Waals surface area contributed by atoms with Crippen molar-refractivity contribution in [2.24, 2.45) is 0 Å². The molecular formula is C12H17N3O2. The number of nitrogen functional groups attached to an aromatic ring is 1. The first-order valence-corrected chi connectivity index (χ1v) is 5.28. The van der Waals surface area contributed by atoms with Crippen molar-refractivity contribution in [2.75, 3.05) is 26.4 Å². The van der Waals surface area contributed by atoms with E-state index in [-0.39, 0.29) is 18.4 Å². The molecule has 0 aliphatic heterocycles. The average molecular weight is 235 g/mol. The van der Waals surface area contributed by atoms with Crippen LogP contribution in [0.25, 0.3) is 0 Å². The Kier molecular flexibility index (Phi) is 4.09. The third kappa shape index (κ3) is 2.96. The van der Waals surface area contributed by atoms with Crippen molar-refractivity contribution in [1.82, 2.24) is 10.2 Å². The minimum Gasteiger partial charge on any atom is -0.398 e. The zero-order chi connectivity index (χ0) is 13.0. The number of benzene rings is 1. The van der Waals surface area contributed by atoms with Crippen LogP contribution in [-0.4, -0.2) is 37.4 Å². The molecule has 0 unspecified atom stereocenters. The minimum atomic E-state index is -0.210. The summed E-state index contributed by atoms with van der Waals surface area (Å²) < 4.78 is 0. The van der Waals surface area contributed by atoms with Gasteiger partial charge in [-0.2, -0.15) is 0 Å². The summed E-state index contributed by atoms with van der Waals surface area (Å²) in [4.78, 5) is 24.6. The molecule has 0 heterocycles. The van der Waals surface area contributed by atoms with Gasteiger partial charge in [0.15, 0.2) is 0 Å². The molecule has 0 aliphatic carbocycles. The molecule has 0 atom stereocenters. The fourth-order valence-electron chi connectivity index (χ4n) is 1.46. The Balaban J connectivity index is 2.89. The van der Waals surface area contributed by atoms with Gasteiger partial charge >= 0.3 is 0 Å². The highest BCUT2D eigenvalue weighted by Crippen LogP contribution is 2.16. The molecule has 0 saturated carbocycles. The highest BCUT2D eigenvalue weighted by atomic mass is 16.2. The number of hydrogen-bond donors (Lipinski definition) is 2. The summed E-state index contributed by atoms with van der Waals surface area (Å²) in [6, 6.07) is 5.17. The monoisotopic (exact) mass is 235 g/mol. The van der Waals surface area contributed by atoms with Gasteiger partial charge < -0.3 is 16.0 Å². The van der Waals surface area contributed by atoms with Crippen molar-refractivity contribution < 1.29 is 9.59 Å². The Bertz CT molecular complexity index is 443. The maximum Gasteiger partial charge on any atom is 0.254 e. The molecule has 1 rings (SSSR count). The molecule has 5 heteroatoms. The Hall–Kier alpha value is -2.04. The largest absolute Gasteiger partial charge is 0.398 e. The number of hydrogen-bond acceptors (Lipinski definition) is 3. The van der Waals surface area contributed by atoms with Crippen LogP contribution >= 0.6 is 0 Å². The van der Waals surface area contributed by atoms with Gasteiger partial charge in [-0.1, -0.05) is 6.07 Å². The van der Waals surface area contributed by atoms with E-state index in [1.165, 1.54) is 11.9 Å². The van der Waals surface area contributed by atoms with Crippen LogP contribution in [0.2, 0.25) is 0 Å². The molecule has 0 bridgehead atoms. The predicted octanol–water partition coefficient (Wildman–Crippen LogP) is 0.395. The van der Waals surface area contributed by atoms with Gasteiger partial charge in [-0.25, -0.2) is 0 Å². The smallest absolute Gasteiger partial charge is 0.254 e. The number of nitrogens with one attached hydrogen (secondary N) is 1. The normalized spacial score (nSPS) is 9.82. The van der Waals surface area contributed by atoms with Crippen molar-refractivity contribution >= 4 is 17.5 Å². The molecule has 92 valence electrons. The number of nitrogens with zero attached hydrogens (tertiary/aromatic N) is 1. The van der Waals surface area contributed by atoms with E-state index in [2.05, 4.69) is 5.32 Å².